The smallest absolute Gasteiger partial charge is 0.319 e. The van der Waals surface area contributed by atoms with Crippen LogP contribution in [0.15, 0.2) is 24.3 Å². The van der Waals surface area contributed by atoms with Crippen LogP contribution in [0.4, 0.5) is 10.5 Å². The van der Waals surface area contributed by atoms with Gasteiger partial charge in [-0.3, -0.25) is 0 Å². The molecule has 1 aromatic rings. The highest BCUT2D eigenvalue weighted by atomic mass is 16.5. The number of carbonyl (C=O) groups is 1. The molecule has 0 aliphatic heterocycles. The lowest BCUT2D eigenvalue weighted by Crippen LogP contribution is -2.46. The van der Waals surface area contributed by atoms with E-state index in [1.165, 1.54) is 6.42 Å². The molecule has 0 atom stereocenters. The van der Waals surface area contributed by atoms with E-state index in [2.05, 4.69) is 10.6 Å². The minimum Gasteiger partial charge on any atom is -0.381 e. The van der Waals surface area contributed by atoms with Crippen LogP contribution in [-0.2, 0) is 4.74 Å². The number of amides is 2. The summed E-state index contributed by atoms with van der Waals surface area (Å²) in [6.07, 6.45) is 3.40. The molecule has 1 saturated carbocycles. The maximum absolute atomic E-state index is 11.9. The number of ether oxygens (including phenoxy) is 1. The number of nitrogens with one attached hydrogen (secondary N) is 2. The van der Waals surface area contributed by atoms with Crippen molar-refractivity contribution in [1.29, 1.82) is 5.26 Å². The molecule has 1 fully saturated rings. The lowest BCUT2D eigenvalue weighted by molar-refractivity contribution is 0.00132. The highest BCUT2D eigenvalue weighted by Crippen LogP contribution is 2.40. The maximum Gasteiger partial charge on any atom is 0.319 e. The SMILES string of the molecule is CCOCC1(CNC(=O)Nc2ccc(C#N)cc2)CCC1. The third kappa shape index (κ3) is 4.20. The Hall–Kier alpha value is -2.06. The molecule has 1 aliphatic rings. The largest absolute Gasteiger partial charge is 0.381 e. The zero-order valence-electron chi connectivity index (χ0n) is 12.3. The van der Waals surface area contributed by atoms with Crippen LogP contribution in [0.5, 0.6) is 0 Å². The Balaban J connectivity index is 1.80. The quantitative estimate of drug-likeness (QED) is 0.844. The number of benzene rings is 1. The van der Waals surface area contributed by atoms with Crippen molar-refractivity contribution in [3.63, 3.8) is 0 Å². The van der Waals surface area contributed by atoms with Gasteiger partial charge in [0.15, 0.2) is 0 Å². The Bertz CT molecular complexity index is 515. The molecule has 0 heterocycles. The Morgan fingerprint density at radius 2 is 2.10 bits per heavy atom. The molecule has 2 N–H and O–H groups in total. The van der Waals surface area contributed by atoms with E-state index in [0.717, 1.165) is 12.8 Å². The maximum atomic E-state index is 11.9. The lowest BCUT2D eigenvalue weighted by atomic mass is 9.69. The zero-order valence-corrected chi connectivity index (χ0v) is 12.3. The highest BCUT2D eigenvalue weighted by Gasteiger charge is 2.37. The van der Waals surface area contributed by atoms with Gasteiger partial charge in [0.05, 0.1) is 18.2 Å². The van der Waals surface area contributed by atoms with Gasteiger partial charge in [0, 0.05) is 24.3 Å². The summed E-state index contributed by atoms with van der Waals surface area (Å²) in [4.78, 5) is 11.9. The van der Waals surface area contributed by atoms with Gasteiger partial charge in [0.2, 0.25) is 0 Å². The Morgan fingerprint density at radius 1 is 1.38 bits per heavy atom. The van der Waals surface area contributed by atoms with E-state index >= 15 is 0 Å². The van der Waals surface area contributed by atoms with Gasteiger partial charge in [0.25, 0.3) is 0 Å². The van der Waals surface area contributed by atoms with Gasteiger partial charge in [0.1, 0.15) is 0 Å². The standard InChI is InChI=1S/C16H21N3O2/c1-2-21-12-16(8-3-9-16)11-18-15(20)19-14-6-4-13(10-17)5-7-14/h4-7H,2-3,8-9,11-12H2,1H3,(H2,18,19,20). The Morgan fingerprint density at radius 3 is 2.62 bits per heavy atom. The number of hydrogen-bond acceptors (Lipinski definition) is 3. The number of nitriles is 1. The molecule has 0 radical (unpaired) electrons. The fourth-order valence-electron chi connectivity index (χ4n) is 2.44. The summed E-state index contributed by atoms with van der Waals surface area (Å²) in [6.45, 7) is 4.03. The summed E-state index contributed by atoms with van der Waals surface area (Å²) in [5.41, 5.74) is 1.36. The molecule has 0 unspecified atom stereocenters. The number of urea groups is 1. The Labute approximate surface area is 125 Å². The van der Waals surface area contributed by atoms with Crippen LogP contribution in [0.25, 0.3) is 0 Å². The first kappa shape index (κ1) is 15.3. The van der Waals surface area contributed by atoms with Crippen molar-refractivity contribution in [3.05, 3.63) is 29.8 Å². The molecule has 5 heteroatoms. The number of rotatable bonds is 6. The zero-order chi connectivity index (χ0) is 15.1. The minimum atomic E-state index is -0.220. The molecule has 0 bridgehead atoms. The van der Waals surface area contributed by atoms with Crippen LogP contribution < -0.4 is 10.6 Å². The van der Waals surface area contributed by atoms with Gasteiger partial charge < -0.3 is 15.4 Å². The second-order valence-corrected chi connectivity index (χ2v) is 5.49. The predicted molar refractivity (Wildman–Crippen MR) is 81.0 cm³/mol. The summed E-state index contributed by atoms with van der Waals surface area (Å²) in [5.74, 6) is 0. The van der Waals surface area contributed by atoms with E-state index in [-0.39, 0.29) is 11.4 Å². The number of hydrogen-bond donors (Lipinski definition) is 2. The first-order chi connectivity index (χ1) is 10.2. The third-order valence-corrected chi connectivity index (χ3v) is 3.92. The molecule has 5 nitrogen and oxygen atoms in total. The van der Waals surface area contributed by atoms with E-state index < -0.39 is 0 Å². The molecule has 0 spiro atoms. The van der Waals surface area contributed by atoms with E-state index in [1.807, 2.05) is 13.0 Å². The molecule has 1 aliphatic carbocycles. The van der Waals surface area contributed by atoms with Crippen LogP contribution in [0, 0.1) is 16.7 Å². The summed E-state index contributed by atoms with van der Waals surface area (Å²) in [6, 6.07) is 8.62. The van der Waals surface area contributed by atoms with E-state index in [1.54, 1.807) is 24.3 Å². The molecule has 1 aromatic carbocycles. The van der Waals surface area contributed by atoms with Gasteiger partial charge in [-0.1, -0.05) is 6.42 Å². The van der Waals surface area contributed by atoms with Gasteiger partial charge in [-0.05, 0) is 44.0 Å². The van der Waals surface area contributed by atoms with Crippen molar-refractivity contribution < 1.29 is 9.53 Å². The number of anilines is 1. The van der Waals surface area contributed by atoms with Crippen molar-refractivity contribution >= 4 is 11.7 Å². The van der Waals surface area contributed by atoms with E-state index in [4.69, 9.17) is 10.00 Å². The van der Waals surface area contributed by atoms with Crippen LogP contribution in [0.3, 0.4) is 0 Å². The molecular formula is C16H21N3O2. The second kappa shape index (κ2) is 7.09. The topological polar surface area (TPSA) is 74.2 Å². The van der Waals surface area contributed by atoms with Crippen LogP contribution in [-0.4, -0.2) is 25.8 Å². The first-order valence-electron chi connectivity index (χ1n) is 7.30. The van der Waals surface area contributed by atoms with Crippen LogP contribution in [0.1, 0.15) is 31.7 Å². The van der Waals surface area contributed by atoms with Crippen molar-refractivity contribution in [2.24, 2.45) is 5.41 Å². The van der Waals surface area contributed by atoms with Crippen molar-refractivity contribution in [1.82, 2.24) is 5.32 Å². The molecular weight excluding hydrogens is 266 g/mol. The number of carbonyl (C=O) groups excluding carboxylic acids is 1. The monoisotopic (exact) mass is 287 g/mol. The summed E-state index contributed by atoms with van der Waals surface area (Å²) in [5, 5.41) is 14.4. The molecule has 21 heavy (non-hydrogen) atoms. The average Bonchev–Trinajstić information content (AvgIpc) is 2.46. The summed E-state index contributed by atoms with van der Waals surface area (Å²) in [7, 11) is 0. The summed E-state index contributed by atoms with van der Waals surface area (Å²) < 4.78 is 5.51. The minimum absolute atomic E-state index is 0.109. The van der Waals surface area contributed by atoms with Gasteiger partial charge in [-0.25, -0.2) is 4.79 Å². The molecule has 0 aromatic heterocycles. The molecule has 112 valence electrons. The third-order valence-electron chi connectivity index (χ3n) is 3.92. The number of nitrogens with zero attached hydrogens (tertiary/aromatic N) is 1. The lowest BCUT2D eigenvalue weighted by Gasteiger charge is -2.41. The fraction of sp³-hybridized carbons (Fsp3) is 0.500. The average molecular weight is 287 g/mol. The molecule has 0 saturated heterocycles. The first-order valence-corrected chi connectivity index (χ1v) is 7.30. The highest BCUT2D eigenvalue weighted by molar-refractivity contribution is 5.89. The van der Waals surface area contributed by atoms with Crippen molar-refractivity contribution in [3.8, 4) is 6.07 Å². The van der Waals surface area contributed by atoms with Crippen LogP contribution in [0.2, 0.25) is 0 Å². The molecule has 2 rings (SSSR count). The van der Waals surface area contributed by atoms with E-state index in [0.29, 0.717) is 31.0 Å². The predicted octanol–water partition coefficient (Wildman–Crippen LogP) is 2.89. The van der Waals surface area contributed by atoms with Gasteiger partial charge in [-0.2, -0.15) is 5.26 Å². The van der Waals surface area contributed by atoms with Crippen molar-refractivity contribution in [2.75, 3.05) is 25.1 Å². The molecule has 2 amide bonds. The normalized spacial score (nSPS) is 15.6. The van der Waals surface area contributed by atoms with Crippen LogP contribution >= 0.6 is 0 Å². The van der Waals surface area contributed by atoms with Gasteiger partial charge >= 0.3 is 6.03 Å². The van der Waals surface area contributed by atoms with Crippen molar-refractivity contribution in [2.45, 2.75) is 26.2 Å². The van der Waals surface area contributed by atoms with Gasteiger partial charge in [-0.15, -0.1) is 0 Å². The summed E-state index contributed by atoms with van der Waals surface area (Å²) >= 11 is 0. The Kier molecular flexibility index (Phi) is 5.18. The van der Waals surface area contributed by atoms with E-state index in [9.17, 15) is 4.79 Å². The second-order valence-electron chi connectivity index (χ2n) is 5.49. The fourth-order valence-corrected chi connectivity index (χ4v) is 2.44.